The van der Waals surface area contributed by atoms with E-state index in [-0.39, 0.29) is 30.2 Å². The normalized spacial score (nSPS) is 21.4. The second kappa shape index (κ2) is 6.56. The maximum absolute atomic E-state index is 13.1. The Morgan fingerprint density at radius 2 is 2.18 bits per heavy atom. The highest BCUT2D eigenvalue weighted by Crippen LogP contribution is 2.30. The van der Waals surface area contributed by atoms with Crippen molar-refractivity contribution in [1.82, 2.24) is 24.5 Å². The largest absolute Gasteiger partial charge is 0.370 e. The summed E-state index contributed by atoms with van der Waals surface area (Å²) >= 11 is 0. The number of carbonyl (C=O) groups is 1. The average Bonchev–Trinajstić information content (AvgIpc) is 3.20. The molecule has 1 amide bonds. The van der Waals surface area contributed by atoms with Gasteiger partial charge in [-0.25, -0.2) is 4.68 Å². The predicted octanol–water partition coefficient (Wildman–Crippen LogP) is 1.27. The molecule has 8 nitrogen and oxygen atoms in total. The number of fused-ring (bicyclic) bond motifs is 4. The summed E-state index contributed by atoms with van der Waals surface area (Å²) in [5, 5.41) is 9.14. The van der Waals surface area contributed by atoms with Gasteiger partial charge in [0.2, 0.25) is 5.91 Å². The summed E-state index contributed by atoms with van der Waals surface area (Å²) in [7, 11) is 0. The molecule has 1 fully saturated rings. The molecular weight excluding hydrogens is 358 g/mol. The van der Waals surface area contributed by atoms with Gasteiger partial charge in [-0.2, -0.15) is 0 Å². The Balaban J connectivity index is 1.42. The van der Waals surface area contributed by atoms with Crippen molar-refractivity contribution in [3.8, 4) is 0 Å². The molecule has 0 aliphatic carbocycles. The lowest BCUT2D eigenvalue weighted by atomic mass is 10.0. The molecule has 1 aromatic carbocycles. The van der Waals surface area contributed by atoms with E-state index in [0.29, 0.717) is 19.7 Å². The van der Waals surface area contributed by atoms with Gasteiger partial charge in [0.05, 0.1) is 36.2 Å². The van der Waals surface area contributed by atoms with Gasteiger partial charge in [-0.15, -0.1) is 5.10 Å². The van der Waals surface area contributed by atoms with Crippen LogP contribution in [0.2, 0.25) is 0 Å². The maximum atomic E-state index is 13.1. The number of carbonyl (C=O) groups excluding carboxylic acids is 1. The van der Waals surface area contributed by atoms with Gasteiger partial charge in [-0.05, 0) is 25.0 Å². The summed E-state index contributed by atoms with van der Waals surface area (Å²) in [5.41, 5.74) is 2.48. The summed E-state index contributed by atoms with van der Waals surface area (Å²) < 4.78 is 9.35. The number of aromatic nitrogens is 4. The Morgan fingerprint density at radius 1 is 1.32 bits per heavy atom. The van der Waals surface area contributed by atoms with Gasteiger partial charge in [0.25, 0.3) is 5.56 Å². The first-order valence-corrected chi connectivity index (χ1v) is 9.49. The van der Waals surface area contributed by atoms with Crippen molar-refractivity contribution in [2.45, 2.75) is 38.6 Å². The number of likely N-dealkylation sites (tertiary alicyclic amines) is 1. The molecule has 0 unspecified atom stereocenters. The van der Waals surface area contributed by atoms with Gasteiger partial charge < -0.3 is 9.64 Å². The number of para-hydroxylation sites is 1. The molecule has 8 heteroatoms. The van der Waals surface area contributed by atoms with Crippen LogP contribution in [-0.4, -0.2) is 49.6 Å². The Morgan fingerprint density at radius 3 is 3.07 bits per heavy atom. The van der Waals surface area contributed by atoms with Crippen LogP contribution in [0.5, 0.6) is 0 Å². The van der Waals surface area contributed by atoms with Crippen LogP contribution in [0.3, 0.4) is 0 Å². The number of ether oxygens (including phenoxy) is 1. The first-order chi connectivity index (χ1) is 13.6. The Bertz CT molecular complexity index is 1120. The molecule has 2 aliphatic rings. The lowest BCUT2D eigenvalue weighted by Gasteiger charge is -2.41. The van der Waals surface area contributed by atoms with Gasteiger partial charge in [0.15, 0.2) is 0 Å². The van der Waals surface area contributed by atoms with E-state index in [9.17, 15) is 9.59 Å². The molecule has 5 rings (SSSR count). The van der Waals surface area contributed by atoms with Gasteiger partial charge in [0, 0.05) is 24.5 Å². The van der Waals surface area contributed by atoms with Crippen LogP contribution >= 0.6 is 0 Å². The maximum Gasteiger partial charge on any atom is 0.251 e. The summed E-state index contributed by atoms with van der Waals surface area (Å²) in [6.45, 7) is 3.58. The Hall–Kier alpha value is -3.00. The number of nitrogens with zero attached hydrogens (tertiary/aromatic N) is 5. The highest BCUT2D eigenvalue weighted by molar-refractivity contribution is 5.84. The molecule has 1 saturated heterocycles. The van der Waals surface area contributed by atoms with Crippen LogP contribution in [0, 0.1) is 6.92 Å². The first-order valence-electron chi connectivity index (χ1n) is 9.49. The molecule has 0 radical (unpaired) electrons. The fraction of sp³-hybridized carbons (Fsp3) is 0.400. The summed E-state index contributed by atoms with van der Waals surface area (Å²) in [5.74, 6) is -0.0678. The van der Waals surface area contributed by atoms with E-state index in [2.05, 4.69) is 10.3 Å². The van der Waals surface area contributed by atoms with Crippen molar-refractivity contribution in [2.24, 2.45) is 0 Å². The summed E-state index contributed by atoms with van der Waals surface area (Å²) in [6, 6.07) is 9.26. The van der Waals surface area contributed by atoms with Crippen molar-refractivity contribution < 1.29 is 9.53 Å². The standard InChI is InChI=1S/C20H21N5O3/c1-13-8-19(26)24(16-5-3-2-4-15(13)16)11-20(27)23-7-6-18-17(10-23)25-14(12-28-18)9-21-22-25/h2-5,8-9,17-18H,6-7,10-12H2,1H3/t17-,18-/m0/s1. The monoisotopic (exact) mass is 379 g/mol. The predicted molar refractivity (Wildman–Crippen MR) is 102 cm³/mol. The van der Waals surface area contributed by atoms with Gasteiger partial charge in [0.1, 0.15) is 6.54 Å². The van der Waals surface area contributed by atoms with E-state index in [0.717, 1.165) is 28.6 Å². The molecule has 2 aromatic heterocycles. The van der Waals surface area contributed by atoms with Gasteiger partial charge >= 0.3 is 0 Å². The number of pyridine rings is 1. The van der Waals surface area contributed by atoms with E-state index >= 15 is 0 Å². The van der Waals surface area contributed by atoms with E-state index in [1.807, 2.05) is 40.8 Å². The van der Waals surface area contributed by atoms with Crippen molar-refractivity contribution in [3.05, 3.63) is 58.1 Å². The van der Waals surface area contributed by atoms with Crippen LogP contribution in [0.1, 0.15) is 23.7 Å². The van der Waals surface area contributed by atoms with E-state index in [1.165, 1.54) is 0 Å². The smallest absolute Gasteiger partial charge is 0.251 e. The zero-order valence-corrected chi connectivity index (χ0v) is 15.6. The fourth-order valence-electron chi connectivity index (χ4n) is 4.31. The minimum absolute atomic E-state index is 0.0298. The van der Waals surface area contributed by atoms with Crippen LogP contribution in [-0.2, 0) is 22.7 Å². The van der Waals surface area contributed by atoms with E-state index in [1.54, 1.807) is 16.8 Å². The Labute approximate surface area is 161 Å². The van der Waals surface area contributed by atoms with Crippen LogP contribution in [0.15, 0.2) is 41.3 Å². The molecule has 0 bridgehead atoms. The van der Waals surface area contributed by atoms with Crippen molar-refractivity contribution >= 4 is 16.8 Å². The topological polar surface area (TPSA) is 82.2 Å². The third-order valence-electron chi connectivity index (χ3n) is 5.80. The van der Waals surface area contributed by atoms with Crippen LogP contribution < -0.4 is 5.56 Å². The van der Waals surface area contributed by atoms with Gasteiger partial charge in [-0.1, -0.05) is 23.4 Å². The quantitative estimate of drug-likeness (QED) is 0.670. The molecule has 144 valence electrons. The SMILES string of the molecule is Cc1cc(=O)n(CC(=O)N2CC[C@@H]3OCc4cnnn4[C@H]3C2)c2ccccc12. The zero-order chi connectivity index (χ0) is 19.3. The van der Waals surface area contributed by atoms with Gasteiger partial charge in [-0.3, -0.25) is 14.2 Å². The molecule has 2 atom stereocenters. The lowest BCUT2D eigenvalue weighted by Crippen LogP contribution is -2.51. The molecule has 2 aliphatic heterocycles. The van der Waals surface area contributed by atoms with Crippen molar-refractivity contribution in [3.63, 3.8) is 0 Å². The first kappa shape index (κ1) is 17.1. The molecular formula is C20H21N5O3. The van der Waals surface area contributed by atoms with E-state index < -0.39 is 0 Å². The third-order valence-corrected chi connectivity index (χ3v) is 5.80. The second-order valence-corrected chi connectivity index (χ2v) is 7.48. The highest BCUT2D eigenvalue weighted by atomic mass is 16.5. The highest BCUT2D eigenvalue weighted by Gasteiger charge is 2.37. The number of amides is 1. The molecule has 0 N–H and O–H groups in total. The lowest BCUT2D eigenvalue weighted by molar-refractivity contribution is -0.138. The number of rotatable bonds is 2. The molecule has 3 aromatic rings. The van der Waals surface area contributed by atoms with Crippen molar-refractivity contribution in [1.29, 1.82) is 0 Å². The average molecular weight is 379 g/mol. The Kier molecular flexibility index (Phi) is 4.01. The van der Waals surface area contributed by atoms with Crippen LogP contribution in [0.4, 0.5) is 0 Å². The van der Waals surface area contributed by atoms with Crippen LogP contribution in [0.25, 0.3) is 10.9 Å². The number of aryl methyl sites for hydroxylation is 1. The fourth-order valence-corrected chi connectivity index (χ4v) is 4.31. The number of benzene rings is 1. The summed E-state index contributed by atoms with van der Waals surface area (Å²) in [6.07, 6.45) is 2.50. The molecule has 4 heterocycles. The third kappa shape index (κ3) is 2.72. The van der Waals surface area contributed by atoms with Crippen molar-refractivity contribution in [2.75, 3.05) is 13.1 Å². The number of hydrogen-bond acceptors (Lipinski definition) is 5. The number of hydrogen-bond donors (Lipinski definition) is 0. The second-order valence-electron chi connectivity index (χ2n) is 7.48. The molecule has 0 spiro atoms. The molecule has 0 saturated carbocycles. The number of piperidine rings is 1. The molecule has 28 heavy (non-hydrogen) atoms. The minimum atomic E-state index is -0.154. The van der Waals surface area contributed by atoms with E-state index in [4.69, 9.17) is 4.74 Å². The minimum Gasteiger partial charge on any atom is -0.370 e. The zero-order valence-electron chi connectivity index (χ0n) is 15.6. The summed E-state index contributed by atoms with van der Waals surface area (Å²) in [4.78, 5) is 27.4.